The fourth-order valence-electron chi connectivity index (χ4n) is 1.15. The largest absolute Gasteiger partial charge is 0.478 e. The minimum atomic E-state index is -0.896. The minimum Gasteiger partial charge on any atom is -0.478 e. The van der Waals surface area contributed by atoms with Crippen molar-refractivity contribution in [3.05, 3.63) is 29.8 Å². The van der Waals surface area contributed by atoms with Crippen molar-refractivity contribution in [2.75, 3.05) is 18.1 Å². The maximum absolute atomic E-state index is 10.8. The van der Waals surface area contributed by atoms with Gasteiger partial charge in [0.2, 0.25) is 0 Å². The van der Waals surface area contributed by atoms with Crippen molar-refractivity contribution in [3.63, 3.8) is 0 Å². The van der Waals surface area contributed by atoms with Gasteiger partial charge in [-0.2, -0.15) is 11.8 Å². The van der Waals surface area contributed by atoms with Crippen molar-refractivity contribution in [1.29, 1.82) is 0 Å². The standard InChI is InChI=1S/C12H17NO2S/c1-12(2,16-3)8-13-10-6-4-5-9(7-10)11(14)15/h4-7,13H,8H2,1-3H3,(H,14,15). The summed E-state index contributed by atoms with van der Waals surface area (Å²) in [4.78, 5) is 10.8. The Morgan fingerprint density at radius 2 is 2.19 bits per heavy atom. The van der Waals surface area contributed by atoms with E-state index in [-0.39, 0.29) is 4.75 Å². The normalized spacial score (nSPS) is 11.2. The van der Waals surface area contributed by atoms with Gasteiger partial charge in [-0.25, -0.2) is 4.79 Å². The van der Waals surface area contributed by atoms with Gasteiger partial charge in [-0.15, -0.1) is 0 Å². The van der Waals surface area contributed by atoms with Crippen molar-refractivity contribution in [2.24, 2.45) is 0 Å². The van der Waals surface area contributed by atoms with Gasteiger partial charge in [0.1, 0.15) is 0 Å². The Morgan fingerprint density at radius 1 is 1.50 bits per heavy atom. The number of carboxylic acids is 1. The summed E-state index contributed by atoms with van der Waals surface area (Å²) in [6.45, 7) is 5.09. The first-order valence-electron chi connectivity index (χ1n) is 5.07. The van der Waals surface area contributed by atoms with Crippen molar-refractivity contribution < 1.29 is 9.90 Å². The number of carboxylic acid groups (broad SMARTS) is 1. The van der Waals surface area contributed by atoms with Crippen LogP contribution in [0.5, 0.6) is 0 Å². The number of hydrogen-bond donors (Lipinski definition) is 2. The summed E-state index contributed by atoms with van der Waals surface area (Å²) < 4.78 is 0.138. The molecule has 1 aromatic carbocycles. The second kappa shape index (κ2) is 5.25. The fraction of sp³-hybridized carbons (Fsp3) is 0.417. The van der Waals surface area contributed by atoms with E-state index in [4.69, 9.17) is 5.11 Å². The van der Waals surface area contributed by atoms with Crippen molar-refractivity contribution in [1.82, 2.24) is 0 Å². The zero-order chi connectivity index (χ0) is 12.2. The second-order valence-corrected chi connectivity index (χ2v) is 5.72. The van der Waals surface area contributed by atoms with E-state index in [1.807, 2.05) is 6.07 Å². The summed E-state index contributed by atoms with van der Waals surface area (Å²) in [6.07, 6.45) is 2.06. The van der Waals surface area contributed by atoms with Gasteiger partial charge in [0.15, 0.2) is 0 Å². The van der Waals surface area contributed by atoms with Crippen molar-refractivity contribution in [3.8, 4) is 0 Å². The Kier molecular flexibility index (Phi) is 4.24. The molecule has 0 unspecified atom stereocenters. The molecule has 0 aromatic heterocycles. The molecule has 1 aromatic rings. The maximum Gasteiger partial charge on any atom is 0.335 e. The lowest BCUT2D eigenvalue weighted by Gasteiger charge is -2.23. The lowest BCUT2D eigenvalue weighted by atomic mass is 10.1. The fourth-order valence-corrected chi connectivity index (χ4v) is 1.37. The summed E-state index contributed by atoms with van der Waals surface area (Å²) in [7, 11) is 0. The van der Waals surface area contributed by atoms with Crippen LogP contribution in [0.4, 0.5) is 5.69 Å². The summed E-state index contributed by atoms with van der Waals surface area (Å²) >= 11 is 1.78. The van der Waals surface area contributed by atoms with Crippen molar-refractivity contribution in [2.45, 2.75) is 18.6 Å². The molecule has 0 amide bonds. The lowest BCUT2D eigenvalue weighted by Crippen LogP contribution is -2.25. The molecule has 16 heavy (non-hydrogen) atoms. The average molecular weight is 239 g/mol. The topological polar surface area (TPSA) is 49.3 Å². The Bertz CT molecular complexity index is 377. The Balaban J connectivity index is 2.68. The molecule has 1 rings (SSSR count). The van der Waals surface area contributed by atoms with E-state index < -0.39 is 5.97 Å². The SMILES string of the molecule is CSC(C)(C)CNc1cccc(C(=O)O)c1. The highest BCUT2D eigenvalue weighted by Crippen LogP contribution is 2.22. The Hall–Kier alpha value is -1.16. The zero-order valence-corrected chi connectivity index (χ0v) is 10.6. The van der Waals surface area contributed by atoms with Gasteiger partial charge >= 0.3 is 5.97 Å². The highest BCUT2D eigenvalue weighted by molar-refractivity contribution is 7.99. The first-order valence-corrected chi connectivity index (χ1v) is 6.29. The van der Waals surface area contributed by atoms with Gasteiger partial charge in [0.25, 0.3) is 0 Å². The molecule has 3 nitrogen and oxygen atoms in total. The molecule has 0 bridgehead atoms. The van der Waals surface area contributed by atoms with Gasteiger partial charge in [0.05, 0.1) is 5.56 Å². The molecule has 0 aliphatic heterocycles. The van der Waals surface area contributed by atoms with E-state index in [1.165, 1.54) is 0 Å². The molecule has 0 saturated carbocycles. The third-order valence-corrected chi connectivity index (χ3v) is 3.63. The van der Waals surface area contributed by atoms with E-state index in [0.29, 0.717) is 5.56 Å². The molecule has 0 heterocycles. The lowest BCUT2D eigenvalue weighted by molar-refractivity contribution is 0.0697. The average Bonchev–Trinajstić information content (AvgIpc) is 2.27. The number of carbonyl (C=O) groups is 1. The highest BCUT2D eigenvalue weighted by Gasteiger charge is 2.15. The number of aromatic carboxylic acids is 1. The number of rotatable bonds is 5. The summed E-state index contributed by atoms with van der Waals surface area (Å²) in [5, 5.41) is 12.1. The Morgan fingerprint density at radius 3 is 2.75 bits per heavy atom. The van der Waals surface area contributed by atoms with Gasteiger partial charge in [0, 0.05) is 17.0 Å². The number of hydrogen-bond acceptors (Lipinski definition) is 3. The Labute approximate surface area is 100 Å². The number of benzene rings is 1. The van der Waals surface area contributed by atoms with Crippen LogP contribution in [0.15, 0.2) is 24.3 Å². The molecule has 0 atom stereocenters. The molecule has 0 aliphatic rings. The van der Waals surface area contributed by atoms with Gasteiger partial charge in [-0.05, 0) is 38.3 Å². The van der Waals surface area contributed by atoms with Gasteiger partial charge < -0.3 is 10.4 Å². The molecular formula is C12H17NO2S. The van der Waals surface area contributed by atoms with Crippen LogP contribution < -0.4 is 5.32 Å². The molecule has 0 fully saturated rings. The predicted octanol–water partition coefficient (Wildman–Crippen LogP) is 2.94. The van der Waals surface area contributed by atoms with Gasteiger partial charge in [-0.1, -0.05) is 6.07 Å². The monoisotopic (exact) mass is 239 g/mol. The van der Waals surface area contributed by atoms with Crippen LogP contribution in [0.25, 0.3) is 0 Å². The molecule has 4 heteroatoms. The third-order valence-electron chi connectivity index (χ3n) is 2.38. The molecule has 0 aliphatic carbocycles. The van der Waals surface area contributed by atoms with Crippen LogP contribution in [-0.2, 0) is 0 Å². The zero-order valence-electron chi connectivity index (χ0n) is 9.78. The minimum absolute atomic E-state index is 0.138. The van der Waals surface area contributed by atoms with E-state index in [2.05, 4.69) is 25.4 Å². The maximum atomic E-state index is 10.8. The quantitative estimate of drug-likeness (QED) is 0.829. The van der Waals surface area contributed by atoms with Crippen LogP contribution in [0.3, 0.4) is 0 Å². The molecular weight excluding hydrogens is 222 g/mol. The smallest absolute Gasteiger partial charge is 0.335 e. The molecule has 0 spiro atoms. The summed E-state index contributed by atoms with van der Waals surface area (Å²) in [5.41, 5.74) is 1.16. The second-order valence-electron chi connectivity index (χ2n) is 4.20. The van der Waals surface area contributed by atoms with Crippen LogP contribution in [0, 0.1) is 0 Å². The van der Waals surface area contributed by atoms with E-state index >= 15 is 0 Å². The predicted molar refractivity (Wildman–Crippen MR) is 69.5 cm³/mol. The number of nitrogens with one attached hydrogen (secondary N) is 1. The van der Waals surface area contributed by atoms with E-state index in [1.54, 1.807) is 30.0 Å². The molecule has 2 N–H and O–H groups in total. The summed E-state index contributed by atoms with van der Waals surface area (Å²) in [5.74, 6) is -0.896. The number of anilines is 1. The molecule has 88 valence electrons. The molecule has 0 radical (unpaired) electrons. The van der Waals surface area contributed by atoms with Crippen LogP contribution in [0.2, 0.25) is 0 Å². The van der Waals surface area contributed by atoms with Crippen LogP contribution >= 0.6 is 11.8 Å². The van der Waals surface area contributed by atoms with Gasteiger partial charge in [-0.3, -0.25) is 0 Å². The third kappa shape index (κ3) is 3.77. The first-order chi connectivity index (χ1) is 7.44. The van der Waals surface area contributed by atoms with Crippen LogP contribution in [0.1, 0.15) is 24.2 Å². The van der Waals surface area contributed by atoms with E-state index in [9.17, 15) is 4.79 Å². The first kappa shape index (κ1) is 12.9. The highest BCUT2D eigenvalue weighted by atomic mass is 32.2. The van der Waals surface area contributed by atoms with Crippen molar-refractivity contribution >= 4 is 23.4 Å². The summed E-state index contributed by atoms with van der Waals surface area (Å²) in [6, 6.07) is 6.87. The molecule has 0 saturated heterocycles. The number of thioether (sulfide) groups is 1. The van der Waals surface area contributed by atoms with Crippen LogP contribution in [-0.4, -0.2) is 28.6 Å². The van der Waals surface area contributed by atoms with E-state index in [0.717, 1.165) is 12.2 Å².